The van der Waals surface area contributed by atoms with Crippen molar-refractivity contribution in [3.05, 3.63) is 30.1 Å². The Morgan fingerprint density at radius 1 is 1.20 bits per heavy atom. The fourth-order valence-corrected chi connectivity index (χ4v) is 3.09. The zero-order valence-corrected chi connectivity index (χ0v) is 19.1. The molecule has 0 saturated heterocycles. The topological polar surface area (TPSA) is 95.1 Å². The fraction of sp³-hybridized carbons (Fsp3) is 0.522. The van der Waals surface area contributed by atoms with E-state index < -0.39 is 0 Å². The van der Waals surface area contributed by atoms with Gasteiger partial charge in [0.2, 0.25) is 0 Å². The number of aryl methyl sites for hydroxylation is 2. The number of hydrogen-bond acceptors (Lipinski definition) is 6. The van der Waals surface area contributed by atoms with Crippen molar-refractivity contribution in [1.82, 2.24) is 19.9 Å². The summed E-state index contributed by atoms with van der Waals surface area (Å²) in [7, 11) is 1.71. The van der Waals surface area contributed by atoms with Gasteiger partial charge in [0.05, 0.1) is 17.6 Å². The molecule has 0 unspecified atom stereocenters. The Bertz CT molecular complexity index is 888. The smallest absolute Gasteiger partial charge is 0.152 e. The van der Waals surface area contributed by atoms with Gasteiger partial charge >= 0.3 is 0 Å². The van der Waals surface area contributed by atoms with Crippen LogP contribution in [0.4, 0.5) is 5.82 Å². The second-order valence-corrected chi connectivity index (χ2v) is 6.44. The van der Waals surface area contributed by atoms with Gasteiger partial charge in [-0.2, -0.15) is 0 Å². The molecule has 30 heavy (non-hydrogen) atoms. The lowest BCUT2D eigenvalue weighted by atomic mass is 10.2. The standard InChI is InChI=1S/C16H18N4O.C5H13NO.C2H6/c1-2-6-13-19-14-15(20(13)9-5-10-21)11-7-3-4-8-12(11)18-16(14)17;1-3-6-4-5-7-2;1-2/h3-4,7-8,10H,2,5-6,9H2,1H3,(H2,17,18);6H,3-5H2,1-2H3;1-2H3. The van der Waals surface area contributed by atoms with Crippen LogP contribution in [-0.2, 0) is 22.5 Å². The molecule has 166 valence electrons. The molecular formula is C23H37N5O2. The van der Waals surface area contributed by atoms with E-state index in [2.05, 4.69) is 33.7 Å². The quantitative estimate of drug-likeness (QED) is 0.405. The summed E-state index contributed by atoms with van der Waals surface area (Å²) in [5.74, 6) is 1.42. The second kappa shape index (κ2) is 14.5. The summed E-state index contributed by atoms with van der Waals surface area (Å²) in [5, 5.41) is 4.15. The molecule has 0 bridgehead atoms. The molecule has 0 spiro atoms. The lowest BCUT2D eigenvalue weighted by molar-refractivity contribution is -0.108. The van der Waals surface area contributed by atoms with Crippen molar-refractivity contribution < 1.29 is 9.53 Å². The van der Waals surface area contributed by atoms with Crippen LogP contribution >= 0.6 is 0 Å². The van der Waals surface area contributed by atoms with Crippen LogP contribution in [0.25, 0.3) is 21.9 Å². The number of nitrogen functional groups attached to an aromatic ring is 1. The number of carbonyl (C=O) groups is 1. The average molecular weight is 416 g/mol. The third-order valence-corrected chi connectivity index (χ3v) is 4.37. The number of anilines is 1. The molecule has 2 aromatic heterocycles. The summed E-state index contributed by atoms with van der Waals surface area (Å²) in [6.45, 7) is 11.6. The minimum Gasteiger partial charge on any atom is -0.383 e. The number of benzene rings is 1. The van der Waals surface area contributed by atoms with Crippen LogP contribution in [0.2, 0.25) is 0 Å². The van der Waals surface area contributed by atoms with Gasteiger partial charge in [-0.3, -0.25) is 0 Å². The van der Waals surface area contributed by atoms with Crippen LogP contribution in [-0.4, -0.2) is 47.6 Å². The number of carbonyl (C=O) groups excluding carboxylic acids is 1. The molecular weight excluding hydrogens is 378 g/mol. The van der Waals surface area contributed by atoms with Crippen molar-refractivity contribution in [2.75, 3.05) is 32.5 Å². The number of rotatable bonds is 9. The molecule has 7 nitrogen and oxygen atoms in total. The van der Waals surface area contributed by atoms with E-state index in [0.717, 1.165) is 66.6 Å². The first-order chi connectivity index (χ1) is 14.7. The Hall–Kier alpha value is -2.51. The molecule has 0 radical (unpaired) electrons. The van der Waals surface area contributed by atoms with Crippen molar-refractivity contribution >= 4 is 34.0 Å². The van der Waals surface area contributed by atoms with Gasteiger partial charge < -0.3 is 25.1 Å². The molecule has 0 atom stereocenters. The van der Waals surface area contributed by atoms with E-state index in [1.54, 1.807) is 7.11 Å². The molecule has 1 aromatic carbocycles. The van der Waals surface area contributed by atoms with Crippen molar-refractivity contribution in [2.24, 2.45) is 0 Å². The van der Waals surface area contributed by atoms with Crippen LogP contribution in [0.3, 0.4) is 0 Å². The first kappa shape index (κ1) is 25.5. The number of nitrogens with one attached hydrogen (secondary N) is 1. The van der Waals surface area contributed by atoms with Gasteiger partial charge in [0.15, 0.2) is 5.82 Å². The number of methoxy groups -OCH3 is 1. The van der Waals surface area contributed by atoms with Gasteiger partial charge in [-0.1, -0.05) is 45.9 Å². The molecule has 0 aliphatic heterocycles. The van der Waals surface area contributed by atoms with Gasteiger partial charge in [0.25, 0.3) is 0 Å². The Kier molecular flexibility index (Phi) is 12.3. The molecule has 0 amide bonds. The molecule has 3 rings (SSSR count). The highest BCUT2D eigenvalue weighted by Gasteiger charge is 2.16. The maximum atomic E-state index is 10.8. The van der Waals surface area contributed by atoms with E-state index in [9.17, 15) is 4.79 Å². The summed E-state index contributed by atoms with van der Waals surface area (Å²) < 4.78 is 6.90. The Morgan fingerprint density at radius 3 is 2.57 bits per heavy atom. The van der Waals surface area contributed by atoms with Crippen molar-refractivity contribution in [1.29, 1.82) is 0 Å². The lowest BCUT2D eigenvalue weighted by Crippen LogP contribution is -2.17. The number of fused-ring (bicyclic) bond motifs is 3. The molecule has 0 saturated carbocycles. The second-order valence-electron chi connectivity index (χ2n) is 6.44. The highest BCUT2D eigenvalue weighted by atomic mass is 16.5. The number of imidazole rings is 1. The number of nitrogens with two attached hydrogens (primary N) is 1. The molecule has 3 N–H and O–H groups in total. The summed E-state index contributed by atoms with van der Waals surface area (Å²) in [6, 6.07) is 7.90. The van der Waals surface area contributed by atoms with Crippen LogP contribution in [0.15, 0.2) is 24.3 Å². The molecule has 7 heteroatoms. The van der Waals surface area contributed by atoms with E-state index in [-0.39, 0.29) is 0 Å². The Labute approximate surface area is 180 Å². The number of likely N-dealkylation sites (N-methyl/N-ethyl adjacent to an activating group) is 1. The number of ether oxygens (including phenoxy) is 1. The molecule has 2 heterocycles. The van der Waals surface area contributed by atoms with Gasteiger partial charge in [-0.05, 0) is 19.0 Å². The van der Waals surface area contributed by atoms with Crippen molar-refractivity contribution in [2.45, 2.75) is 53.5 Å². The summed E-state index contributed by atoms with van der Waals surface area (Å²) in [5.41, 5.74) is 8.66. The number of pyridine rings is 1. The van der Waals surface area contributed by atoms with Gasteiger partial charge in [0, 0.05) is 38.4 Å². The number of aldehydes is 1. The van der Waals surface area contributed by atoms with Gasteiger partial charge in [-0.15, -0.1) is 0 Å². The van der Waals surface area contributed by atoms with Gasteiger partial charge in [-0.25, -0.2) is 9.97 Å². The normalized spacial score (nSPS) is 10.3. The molecule has 0 fully saturated rings. The molecule has 0 aliphatic rings. The highest BCUT2D eigenvalue weighted by molar-refractivity contribution is 6.06. The first-order valence-corrected chi connectivity index (χ1v) is 10.8. The van der Waals surface area contributed by atoms with E-state index in [1.165, 1.54) is 0 Å². The van der Waals surface area contributed by atoms with Crippen LogP contribution in [0, 0.1) is 0 Å². The van der Waals surface area contributed by atoms with E-state index >= 15 is 0 Å². The average Bonchev–Trinajstić information content (AvgIpc) is 3.14. The summed E-state index contributed by atoms with van der Waals surface area (Å²) in [4.78, 5) is 19.9. The zero-order chi connectivity index (χ0) is 22.4. The van der Waals surface area contributed by atoms with E-state index in [4.69, 9.17) is 10.5 Å². The zero-order valence-electron chi connectivity index (χ0n) is 19.1. The maximum Gasteiger partial charge on any atom is 0.152 e. The SMILES string of the molecule is CC.CCCc1nc2c(N)nc3ccccc3c2n1CCC=O.CCNCCOC. The highest BCUT2D eigenvalue weighted by Crippen LogP contribution is 2.29. The number of aromatic nitrogens is 3. The number of hydrogen-bond donors (Lipinski definition) is 2. The summed E-state index contributed by atoms with van der Waals surface area (Å²) in [6.07, 6.45) is 3.27. The predicted molar refractivity (Wildman–Crippen MR) is 126 cm³/mol. The van der Waals surface area contributed by atoms with Crippen LogP contribution < -0.4 is 11.1 Å². The van der Waals surface area contributed by atoms with Crippen LogP contribution in [0.5, 0.6) is 0 Å². The summed E-state index contributed by atoms with van der Waals surface area (Å²) >= 11 is 0. The van der Waals surface area contributed by atoms with Gasteiger partial charge in [0.1, 0.15) is 17.6 Å². The maximum absolute atomic E-state index is 10.8. The Morgan fingerprint density at radius 2 is 1.93 bits per heavy atom. The Balaban J connectivity index is 0.000000428. The van der Waals surface area contributed by atoms with E-state index in [1.807, 2.05) is 38.1 Å². The van der Waals surface area contributed by atoms with Crippen molar-refractivity contribution in [3.63, 3.8) is 0 Å². The minimum atomic E-state index is 0.450. The first-order valence-electron chi connectivity index (χ1n) is 10.8. The third-order valence-electron chi connectivity index (χ3n) is 4.37. The number of para-hydroxylation sites is 1. The minimum absolute atomic E-state index is 0.450. The predicted octanol–water partition coefficient (Wildman–Crippen LogP) is 3.98. The van der Waals surface area contributed by atoms with E-state index in [0.29, 0.717) is 18.8 Å². The molecule has 0 aliphatic carbocycles. The monoisotopic (exact) mass is 415 g/mol. The molecule has 3 aromatic rings. The number of nitrogens with zero attached hydrogens (tertiary/aromatic N) is 3. The largest absolute Gasteiger partial charge is 0.383 e. The van der Waals surface area contributed by atoms with Crippen LogP contribution in [0.1, 0.15) is 46.4 Å². The van der Waals surface area contributed by atoms with Crippen molar-refractivity contribution in [3.8, 4) is 0 Å². The third kappa shape index (κ3) is 6.78. The lowest BCUT2D eigenvalue weighted by Gasteiger charge is -2.08. The fourth-order valence-electron chi connectivity index (χ4n) is 3.09.